The van der Waals surface area contributed by atoms with E-state index in [4.69, 9.17) is 5.73 Å². The number of hydrogen-bond acceptors (Lipinski definition) is 1. The third kappa shape index (κ3) is 2.41. The predicted octanol–water partition coefficient (Wildman–Crippen LogP) is 3.96. The summed E-state index contributed by atoms with van der Waals surface area (Å²) in [5.74, 6) is -1.08. The molecule has 0 aliphatic carbocycles. The Morgan fingerprint density at radius 2 is 1.78 bits per heavy atom. The van der Waals surface area contributed by atoms with Crippen LogP contribution in [0.2, 0.25) is 0 Å². The van der Waals surface area contributed by atoms with E-state index in [2.05, 4.69) is 0 Å². The van der Waals surface area contributed by atoms with Crippen LogP contribution in [0.4, 0.5) is 8.78 Å². The van der Waals surface area contributed by atoms with Gasteiger partial charge in [-0.1, -0.05) is 18.2 Å². The van der Waals surface area contributed by atoms with Crippen molar-refractivity contribution in [3.8, 4) is 11.1 Å². The first-order valence-corrected chi connectivity index (χ1v) is 5.80. The molecular formula is C15H15F2N. The minimum atomic E-state index is -0.556. The molecular weight excluding hydrogens is 232 g/mol. The summed E-state index contributed by atoms with van der Waals surface area (Å²) >= 11 is 0. The second-order valence-electron chi connectivity index (χ2n) is 4.50. The topological polar surface area (TPSA) is 26.0 Å². The molecule has 2 aromatic rings. The van der Waals surface area contributed by atoms with Gasteiger partial charge in [-0.3, -0.25) is 0 Å². The van der Waals surface area contributed by atoms with E-state index in [9.17, 15) is 8.78 Å². The molecule has 0 aliphatic heterocycles. The molecule has 94 valence electrons. The zero-order valence-corrected chi connectivity index (χ0v) is 10.4. The van der Waals surface area contributed by atoms with Crippen molar-refractivity contribution in [1.29, 1.82) is 0 Å². The summed E-state index contributed by atoms with van der Waals surface area (Å²) in [5.41, 5.74) is 8.26. The Morgan fingerprint density at radius 1 is 1.06 bits per heavy atom. The summed E-state index contributed by atoms with van der Waals surface area (Å²) in [6.45, 7) is 3.49. The number of aryl methyl sites for hydroxylation is 1. The van der Waals surface area contributed by atoms with Gasteiger partial charge < -0.3 is 5.73 Å². The lowest BCUT2D eigenvalue weighted by atomic mass is 9.98. The third-order valence-corrected chi connectivity index (χ3v) is 2.97. The maximum atomic E-state index is 13.8. The molecule has 0 saturated carbocycles. The molecule has 3 heteroatoms. The molecule has 0 aliphatic rings. The Morgan fingerprint density at radius 3 is 2.44 bits per heavy atom. The summed E-state index contributed by atoms with van der Waals surface area (Å²) in [7, 11) is 0. The highest BCUT2D eigenvalue weighted by Crippen LogP contribution is 2.27. The van der Waals surface area contributed by atoms with Crippen LogP contribution in [0, 0.1) is 18.6 Å². The smallest absolute Gasteiger partial charge is 0.133 e. The Balaban J connectivity index is 2.55. The van der Waals surface area contributed by atoms with Gasteiger partial charge in [0.15, 0.2) is 0 Å². The molecule has 0 bridgehead atoms. The number of benzene rings is 2. The molecule has 0 heterocycles. The average Bonchev–Trinajstić information content (AvgIpc) is 2.34. The van der Waals surface area contributed by atoms with Crippen molar-refractivity contribution in [2.45, 2.75) is 19.9 Å². The lowest BCUT2D eigenvalue weighted by Crippen LogP contribution is -2.04. The molecule has 1 nitrogen and oxygen atoms in total. The number of halogens is 2. The van der Waals surface area contributed by atoms with Gasteiger partial charge in [0, 0.05) is 17.7 Å². The molecule has 0 amide bonds. The van der Waals surface area contributed by atoms with Gasteiger partial charge in [0.1, 0.15) is 11.6 Å². The molecule has 0 spiro atoms. The molecule has 0 radical (unpaired) electrons. The molecule has 0 fully saturated rings. The molecule has 2 aromatic carbocycles. The maximum absolute atomic E-state index is 13.8. The van der Waals surface area contributed by atoms with Crippen molar-refractivity contribution in [2.24, 2.45) is 5.73 Å². The van der Waals surface area contributed by atoms with Crippen molar-refractivity contribution in [1.82, 2.24) is 0 Å². The molecule has 2 N–H and O–H groups in total. The summed E-state index contributed by atoms with van der Waals surface area (Å²) < 4.78 is 27.0. The summed E-state index contributed by atoms with van der Waals surface area (Å²) in [4.78, 5) is 0. The van der Waals surface area contributed by atoms with Gasteiger partial charge in [-0.25, -0.2) is 8.78 Å². The lowest BCUT2D eigenvalue weighted by Gasteiger charge is -2.10. The fraction of sp³-hybridized carbons (Fsp3) is 0.200. The molecule has 0 saturated heterocycles. The quantitative estimate of drug-likeness (QED) is 0.854. The van der Waals surface area contributed by atoms with Crippen LogP contribution in [0.15, 0.2) is 36.4 Å². The summed E-state index contributed by atoms with van der Waals surface area (Å²) in [6.07, 6.45) is 0. The third-order valence-electron chi connectivity index (χ3n) is 2.97. The Labute approximate surface area is 105 Å². The van der Waals surface area contributed by atoms with Crippen LogP contribution in [-0.2, 0) is 0 Å². The van der Waals surface area contributed by atoms with Crippen LogP contribution >= 0.6 is 0 Å². The van der Waals surface area contributed by atoms with E-state index < -0.39 is 11.6 Å². The van der Waals surface area contributed by atoms with Crippen LogP contribution in [0.25, 0.3) is 11.1 Å². The predicted molar refractivity (Wildman–Crippen MR) is 69.1 cm³/mol. The highest BCUT2D eigenvalue weighted by Gasteiger charge is 2.10. The van der Waals surface area contributed by atoms with E-state index in [1.54, 1.807) is 13.0 Å². The monoisotopic (exact) mass is 247 g/mol. The van der Waals surface area contributed by atoms with E-state index in [1.807, 2.05) is 25.1 Å². The standard InChI is InChI=1S/C15H15F2N/c1-9-6-13(15(17)8-14(9)16)12-5-3-4-11(7-12)10(2)18/h3-8,10H,18H2,1-2H3. The Bertz CT molecular complexity index is 577. The zero-order chi connectivity index (χ0) is 13.3. The van der Waals surface area contributed by atoms with E-state index in [0.717, 1.165) is 11.6 Å². The lowest BCUT2D eigenvalue weighted by molar-refractivity contribution is 0.579. The van der Waals surface area contributed by atoms with Gasteiger partial charge in [0.25, 0.3) is 0 Å². The first-order valence-electron chi connectivity index (χ1n) is 5.80. The molecule has 18 heavy (non-hydrogen) atoms. The molecule has 0 aromatic heterocycles. The molecule has 1 unspecified atom stereocenters. The van der Waals surface area contributed by atoms with Crippen LogP contribution < -0.4 is 5.73 Å². The second-order valence-corrected chi connectivity index (χ2v) is 4.50. The zero-order valence-electron chi connectivity index (χ0n) is 10.4. The Kier molecular flexibility index (Phi) is 3.43. The van der Waals surface area contributed by atoms with Crippen molar-refractivity contribution in [2.75, 3.05) is 0 Å². The van der Waals surface area contributed by atoms with Gasteiger partial charge in [0.05, 0.1) is 0 Å². The van der Waals surface area contributed by atoms with Crippen LogP contribution in [-0.4, -0.2) is 0 Å². The summed E-state index contributed by atoms with van der Waals surface area (Å²) in [5, 5.41) is 0. The summed E-state index contributed by atoms with van der Waals surface area (Å²) in [6, 6.07) is 9.67. The van der Waals surface area contributed by atoms with E-state index in [-0.39, 0.29) is 6.04 Å². The van der Waals surface area contributed by atoms with Gasteiger partial charge in [-0.15, -0.1) is 0 Å². The van der Waals surface area contributed by atoms with Gasteiger partial charge in [-0.05, 0) is 42.7 Å². The molecule has 1 atom stereocenters. The first kappa shape index (κ1) is 12.7. The number of hydrogen-bond donors (Lipinski definition) is 1. The highest BCUT2D eigenvalue weighted by atomic mass is 19.1. The van der Waals surface area contributed by atoms with Crippen molar-refractivity contribution in [3.05, 3.63) is 59.2 Å². The van der Waals surface area contributed by atoms with Crippen molar-refractivity contribution >= 4 is 0 Å². The molecule has 2 rings (SSSR count). The average molecular weight is 247 g/mol. The van der Waals surface area contributed by atoms with E-state index in [1.165, 1.54) is 6.07 Å². The van der Waals surface area contributed by atoms with Gasteiger partial charge >= 0.3 is 0 Å². The largest absolute Gasteiger partial charge is 0.324 e. The van der Waals surface area contributed by atoms with E-state index in [0.29, 0.717) is 16.7 Å². The van der Waals surface area contributed by atoms with Crippen LogP contribution in [0.1, 0.15) is 24.1 Å². The fourth-order valence-corrected chi connectivity index (χ4v) is 1.87. The Hall–Kier alpha value is -1.74. The number of nitrogens with two attached hydrogens (primary N) is 1. The minimum absolute atomic E-state index is 0.116. The highest BCUT2D eigenvalue weighted by molar-refractivity contribution is 5.66. The van der Waals surface area contributed by atoms with Crippen LogP contribution in [0.5, 0.6) is 0 Å². The minimum Gasteiger partial charge on any atom is -0.324 e. The normalized spacial score (nSPS) is 12.5. The number of rotatable bonds is 2. The van der Waals surface area contributed by atoms with Crippen LogP contribution in [0.3, 0.4) is 0 Å². The second kappa shape index (κ2) is 4.86. The fourth-order valence-electron chi connectivity index (χ4n) is 1.87. The van der Waals surface area contributed by atoms with Gasteiger partial charge in [0.2, 0.25) is 0 Å². The van der Waals surface area contributed by atoms with Crippen molar-refractivity contribution < 1.29 is 8.78 Å². The van der Waals surface area contributed by atoms with Crippen molar-refractivity contribution in [3.63, 3.8) is 0 Å². The SMILES string of the molecule is Cc1cc(-c2cccc(C(C)N)c2)c(F)cc1F. The maximum Gasteiger partial charge on any atom is 0.133 e. The van der Waals surface area contributed by atoms with Gasteiger partial charge in [-0.2, -0.15) is 0 Å². The first-order chi connectivity index (χ1) is 8.49. The van der Waals surface area contributed by atoms with E-state index >= 15 is 0 Å².